The summed E-state index contributed by atoms with van der Waals surface area (Å²) in [7, 11) is 0. The topological polar surface area (TPSA) is 92.4 Å². The molecule has 2 aromatic rings. The molecule has 0 spiro atoms. The monoisotopic (exact) mass is 324 g/mol. The van der Waals surface area contributed by atoms with E-state index in [1.807, 2.05) is 37.3 Å². The van der Waals surface area contributed by atoms with Crippen molar-refractivity contribution in [1.29, 1.82) is 0 Å². The molecule has 1 atom stereocenters. The molecule has 4 N–H and O–H groups in total. The molecular formula is C19H20N2O3. The number of amides is 2. The number of rotatable bonds is 4. The number of primary amides is 1. The van der Waals surface area contributed by atoms with Gasteiger partial charge >= 0.3 is 0 Å². The lowest BCUT2D eigenvalue weighted by molar-refractivity contribution is -0.136. The van der Waals surface area contributed by atoms with Gasteiger partial charge in [-0.1, -0.05) is 54.1 Å². The van der Waals surface area contributed by atoms with Crippen LogP contribution in [0.3, 0.4) is 0 Å². The van der Waals surface area contributed by atoms with Gasteiger partial charge in [0.2, 0.25) is 5.91 Å². The molecule has 0 saturated heterocycles. The van der Waals surface area contributed by atoms with Crippen LogP contribution >= 0.6 is 0 Å². The third-order valence-electron chi connectivity index (χ3n) is 4.54. The first kappa shape index (κ1) is 16.2. The Bertz CT molecular complexity index is 776. The smallest absolute Gasteiger partial charge is 0.254 e. The number of nitrogens with two attached hydrogens (primary N) is 1. The minimum absolute atomic E-state index is 0.338. The van der Waals surface area contributed by atoms with E-state index in [1.165, 1.54) is 0 Å². The number of hydrogen-bond donors (Lipinski definition) is 3. The Kier molecular flexibility index (Phi) is 4.11. The summed E-state index contributed by atoms with van der Waals surface area (Å²) in [5.74, 6) is -1.21. The molecule has 5 heteroatoms. The number of aryl methyl sites for hydroxylation is 1. The normalized spacial score (nSPS) is 16.2. The first-order valence-corrected chi connectivity index (χ1v) is 7.85. The highest BCUT2D eigenvalue weighted by atomic mass is 16.3. The van der Waals surface area contributed by atoms with Crippen LogP contribution in [-0.4, -0.2) is 22.5 Å². The van der Waals surface area contributed by atoms with E-state index in [-0.39, 0.29) is 0 Å². The summed E-state index contributed by atoms with van der Waals surface area (Å²) in [6.45, 7) is 1.88. The van der Waals surface area contributed by atoms with Crippen LogP contribution < -0.4 is 11.1 Å². The van der Waals surface area contributed by atoms with Gasteiger partial charge in [0.1, 0.15) is 5.54 Å². The van der Waals surface area contributed by atoms with Gasteiger partial charge in [0.05, 0.1) is 0 Å². The number of nitrogens with one attached hydrogen (secondary N) is 1. The van der Waals surface area contributed by atoms with Crippen LogP contribution in [0.1, 0.15) is 28.4 Å². The maximum atomic E-state index is 12.5. The van der Waals surface area contributed by atoms with Crippen molar-refractivity contribution in [3.8, 4) is 0 Å². The molecule has 124 valence electrons. The number of hydrogen-bond acceptors (Lipinski definition) is 3. The second-order valence-corrected chi connectivity index (χ2v) is 6.37. The molecule has 2 aromatic carbocycles. The van der Waals surface area contributed by atoms with Crippen LogP contribution in [0, 0.1) is 6.92 Å². The van der Waals surface area contributed by atoms with E-state index in [2.05, 4.69) is 5.32 Å². The van der Waals surface area contributed by atoms with Crippen LogP contribution in [0.4, 0.5) is 0 Å². The summed E-state index contributed by atoms with van der Waals surface area (Å²) in [5, 5.41) is 13.0. The molecule has 0 aromatic heterocycles. The van der Waals surface area contributed by atoms with Crippen molar-refractivity contribution >= 4 is 11.8 Å². The maximum Gasteiger partial charge on any atom is 0.254 e. The summed E-state index contributed by atoms with van der Waals surface area (Å²) < 4.78 is 0. The third kappa shape index (κ3) is 2.90. The number of benzene rings is 2. The van der Waals surface area contributed by atoms with Gasteiger partial charge in [0.25, 0.3) is 5.91 Å². The Morgan fingerprint density at radius 3 is 2.29 bits per heavy atom. The molecular weight excluding hydrogens is 304 g/mol. The van der Waals surface area contributed by atoms with Crippen molar-refractivity contribution in [2.24, 2.45) is 5.73 Å². The molecule has 0 saturated carbocycles. The minimum atomic E-state index is -1.34. The lowest BCUT2D eigenvalue weighted by atomic mass is 9.93. The molecule has 1 aliphatic carbocycles. The summed E-state index contributed by atoms with van der Waals surface area (Å²) in [6, 6.07) is 14.7. The average molecular weight is 324 g/mol. The Hall–Kier alpha value is -2.66. The Morgan fingerprint density at radius 1 is 1.12 bits per heavy atom. The maximum absolute atomic E-state index is 12.5. The van der Waals surface area contributed by atoms with Crippen molar-refractivity contribution in [2.45, 2.75) is 31.4 Å². The highest BCUT2D eigenvalue weighted by Gasteiger charge is 2.44. The van der Waals surface area contributed by atoms with Crippen molar-refractivity contribution in [2.75, 3.05) is 0 Å². The highest BCUT2D eigenvalue weighted by molar-refractivity contribution is 5.93. The third-order valence-corrected chi connectivity index (χ3v) is 4.54. The van der Waals surface area contributed by atoms with Gasteiger partial charge in [-0.25, -0.2) is 0 Å². The fourth-order valence-corrected chi connectivity index (χ4v) is 3.24. The number of aliphatic hydroxyl groups excluding tert-OH is 1. The molecule has 0 bridgehead atoms. The van der Waals surface area contributed by atoms with E-state index < -0.39 is 23.5 Å². The van der Waals surface area contributed by atoms with E-state index in [1.54, 1.807) is 18.2 Å². The SMILES string of the molecule is Cc1cccc(C(O)C(=O)NC2(C(N)=O)Cc3ccccc3C2)c1. The predicted octanol–water partition coefficient (Wildman–Crippen LogP) is 1.17. The minimum Gasteiger partial charge on any atom is -0.378 e. The summed E-state index contributed by atoms with van der Waals surface area (Å²) in [6.07, 6.45) is -0.667. The second kappa shape index (κ2) is 6.09. The largest absolute Gasteiger partial charge is 0.378 e. The van der Waals surface area contributed by atoms with Gasteiger partial charge in [-0.15, -0.1) is 0 Å². The lowest BCUT2D eigenvalue weighted by Crippen LogP contribution is -2.59. The van der Waals surface area contributed by atoms with E-state index in [4.69, 9.17) is 5.73 Å². The standard InChI is InChI=1S/C19H20N2O3/c1-12-5-4-8-13(9-12)16(22)17(23)21-19(18(20)24)10-14-6-2-3-7-15(14)11-19/h2-9,16,22H,10-11H2,1H3,(H2,20,24)(H,21,23). The Morgan fingerprint density at radius 2 is 1.75 bits per heavy atom. The quantitative estimate of drug-likeness (QED) is 0.788. The second-order valence-electron chi connectivity index (χ2n) is 6.37. The average Bonchev–Trinajstić information content (AvgIpc) is 2.93. The molecule has 0 fully saturated rings. The van der Waals surface area contributed by atoms with Crippen molar-refractivity contribution in [3.05, 3.63) is 70.8 Å². The molecule has 2 amide bonds. The van der Waals surface area contributed by atoms with Crippen LogP contribution in [0.5, 0.6) is 0 Å². The molecule has 5 nitrogen and oxygen atoms in total. The van der Waals surface area contributed by atoms with Crippen LogP contribution in [0.25, 0.3) is 0 Å². The molecule has 0 heterocycles. The molecule has 24 heavy (non-hydrogen) atoms. The van der Waals surface area contributed by atoms with Crippen molar-refractivity contribution in [1.82, 2.24) is 5.32 Å². The highest BCUT2D eigenvalue weighted by Crippen LogP contribution is 2.30. The van der Waals surface area contributed by atoms with E-state index >= 15 is 0 Å². The summed E-state index contributed by atoms with van der Waals surface area (Å²) >= 11 is 0. The fourth-order valence-electron chi connectivity index (χ4n) is 3.24. The van der Waals surface area contributed by atoms with Crippen molar-refractivity contribution < 1.29 is 14.7 Å². The Balaban J connectivity index is 1.82. The zero-order valence-electron chi connectivity index (χ0n) is 13.5. The predicted molar refractivity (Wildman–Crippen MR) is 90.1 cm³/mol. The first-order valence-electron chi connectivity index (χ1n) is 7.85. The number of carbonyl (C=O) groups excluding carboxylic acids is 2. The zero-order valence-corrected chi connectivity index (χ0v) is 13.5. The van der Waals surface area contributed by atoms with Gasteiger partial charge in [0.15, 0.2) is 6.10 Å². The molecule has 0 aliphatic heterocycles. The van der Waals surface area contributed by atoms with E-state index in [0.29, 0.717) is 18.4 Å². The zero-order chi connectivity index (χ0) is 17.3. The lowest BCUT2D eigenvalue weighted by Gasteiger charge is -2.28. The van der Waals surface area contributed by atoms with Gasteiger partial charge in [-0.2, -0.15) is 0 Å². The Labute approximate surface area is 140 Å². The first-order chi connectivity index (χ1) is 11.4. The van der Waals surface area contributed by atoms with Crippen molar-refractivity contribution in [3.63, 3.8) is 0 Å². The molecule has 1 aliphatic rings. The number of fused-ring (bicyclic) bond motifs is 1. The van der Waals surface area contributed by atoms with E-state index in [9.17, 15) is 14.7 Å². The van der Waals surface area contributed by atoms with Crippen LogP contribution in [-0.2, 0) is 22.4 Å². The van der Waals surface area contributed by atoms with Crippen LogP contribution in [0.15, 0.2) is 48.5 Å². The summed E-state index contributed by atoms with van der Waals surface area (Å²) in [5.41, 5.74) is 7.80. The van der Waals surface area contributed by atoms with Crippen LogP contribution in [0.2, 0.25) is 0 Å². The van der Waals surface area contributed by atoms with Gasteiger partial charge in [-0.3, -0.25) is 9.59 Å². The number of aliphatic hydroxyl groups is 1. The van der Waals surface area contributed by atoms with E-state index in [0.717, 1.165) is 16.7 Å². The fraction of sp³-hybridized carbons (Fsp3) is 0.263. The van der Waals surface area contributed by atoms with Gasteiger partial charge in [-0.05, 0) is 23.6 Å². The number of carbonyl (C=O) groups is 2. The molecule has 0 radical (unpaired) electrons. The van der Waals surface area contributed by atoms with Gasteiger partial charge < -0.3 is 16.2 Å². The van der Waals surface area contributed by atoms with Gasteiger partial charge in [0, 0.05) is 12.8 Å². The summed E-state index contributed by atoms with van der Waals surface area (Å²) in [4.78, 5) is 24.6. The molecule has 1 unspecified atom stereocenters. The molecule has 3 rings (SSSR count).